The summed E-state index contributed by atoms with van der Waals surface area (Å²) in [6, 6.07) is 9.39. The highest BCUT2D eigenvalue weighted by Gasteiger charge is 2.36. The minimum absolute atomic E-state index is 0.142. The summed E-state index contributed by atoms with van der Waals surface area (Å²) in [5, 5.41) is 0. The van der Waals surface area contributed by atoms with Gasteiger partial charge in [0.05, 0.1) is 0 Å². The van der Waals surface area contributed by atoms with Gasteiger partial charge in [-0.15, -0.1) is 6.58 Å². The first-order valence-electron chi connectivity index (χ1n) is 8.78. The molecule has 1 saturated heterocycles. The predicted molar refractivity (Wildman–Crippen MR) is 97.6 cm³/mol. The molecule has 0 spiro atoms. The average molecular weight is 380 g/mol. The minimum atomic E-state index is -4.45. The number of carbonyl (C=O) groups excluding carboxylic acids is 2. The number of nitrogens with zero attached hydrogens (tertiary/aromatic N) is 2. The summed E-state index contributed by atoms with van der Waals surface area (Å²) in [5.41, 5.74) is 0.906. The summed E-state index contributed by atoms with van der Waals surface area (Å²) in [5.74, 6) is -1.20. The van der Waals surface area contributed by atoms with Crippen LogP contribution in [0.25, 0.3) is 6.08 Å². The maximum atomic E-state index is 12.7. The van der Waals surface area contributed by atoms with Gasteiger partial charge in [-0.2, -0.15) is 13.2 Å². The van der Waals surface area contributed by atoms with Gasteiger partial charge in [0, 0.05) is 31.6 Å². The van der Waals surface area contributed by atoms with Crippen molar-refractivity contribution in [3.63, 3.8) is 0 Å². The molecule has 1 aromatic rings. The summed E-state index contributed by atoms with van der Waals surface area (Å²) in [6.07, 6.45) is 0.749. The number of hydrogen-bond donors (Lipinski definition) is 0. The molecule has 7 heteroatoms. The van der Waals surface area contributed by atoms with Crippen molar-refractivity contribution in [2.45, 2.75) is 19.0 Å². The summed E-state index contributed by atoms with van der Waals surface area (Å²) >= 11 is 0. The average Bonchev–Trinajstić information content (AvgIpc) is 2.65. The molecule has 0 aliphatic carbocycles. The maximum Gasteiger partial charge on any atom is 0.406 e. The van der Waals surface area contributed by atoms with Gasteiger partial charge in [-0.3, -0.25) is 9.59 Å². The lowest BCUT2D eigenvalue weighted by molar-refractivity contribution is -0.163. The van der Waals surface area contributed by atoms with Crippen molar-refractivity contribution in [2.75, 3.05) is 26.2 Å². The number of carbonyl (C=O) groups is 2. The Kier molecular flexibility index (Phi) is 7.21. The Morgan fingerprint density at radius 3 is 2.37 bits per heavy atom. The third kappa shape index (κ3) is 6.58. The highest BCUT2D eigenvalue weighted by molar-refractivity contribution is 5.92. The minimum Gasteiger partial charge on any atom is -0.339 e. The Labute approximate surface area is 156 Å². The number of rotatable bonds is 6. The molecular formula is C20H23F3N2O2. The molecule has 0 radical (unpaired) electrons. The van der Waals surface area contributed by atoms with E-state index < -0.39 is 24.5 Å². The van der Waals surface area contributed by atoms with Crippen LogP contribution in [-0.4, -0.2) is 54.0 Å². The van der Waals surface area contributed by atoms with E-state index in [-0.39, 0.29) is 12.5 Å². The van der Waals surface area contributed by atoms with Crippen molar-refractivity contribution in [2.24, 2.45) is 5.92 Å². The van der Waals surface area contributed by atoms with Gasteiger partial charge in [0.25, 0.3) is 0 Å². The SMILES string of the molecule is C=CCN(CC(F)(F)F)C(=O)C1CCN(C(=O)/C=C/c2ccccc2)CC1. The normalized spacial score (nSPS) is 15.7. The molecule has 0 saturated carbocycles. The van der Waals surface area contributed by atoms with Gasteiger partial charge in [-0.1, -0.05) is 36.4 Å². The fourth-order valence-corrected chi connectivity index (χ4v) is 3.05. The van der Waals surface area contributed by atoms with Gasteiger partial charge in [0.1, 0.15) is 6.54 Å². The number of alkyl halides is 3. The Hall–Kier alpha value is -2.57. The number of likely N-dealkylation sites (tertiary alicyclic amines) is 1. The van der Waals surface area contributed by atoms with E-state index in [2.05, 4.69) is 6.58 Å². The molecule has 0 bridgehead atoms. The van der Waals surface area contributed by atoms with E-state index in [0.29, 0.717) is 25.9 Å². The molecule has 1 aliphatic heterocycles. The van der Waals surface area contributed by atoms with Crippen LogP contribution in [0.15, 0.2) is 49.1 Å². The highest BCUT2D eigenvalue weighted by atomic mass is 19.4. The molecule has 1 aromatic carbocycles. The molecular weight excluding hydrogens is 357 g/mol. The Bertz CT molecular complexity index is 678. The van der Waals surface area contributed by atoms with Crippen LogP contribution in [-0.2, 0) is 9.59 Å². The standard InChI is InChI=1S/C20H23F3N2O2/c1-2-12-25(15-20(21,22)23)19(27)17-10-13-24(14-11-17)18(26)9-8-16-6-4-3-5-7-16/h2-9,17H,1,10-15H2/b9-8+. The number of benzene rings is 1. The van der Waals surface area contributed by atoms with Crippen molar-refractivity contribution < 1.29 is 22.8 Å². The number of hydrogen-bond acceptors (Lipinski definition) is 2. The van der Waals surface area contributed by atoms with E-state index in [0.717, 1.165) is 10.5 Å². The van der Waals surface area contributed by atoms with Gasteiger partial charge in [-0.25, -0.2) is 0 Å². The van der Waals surface area contributed by atoms with E-state index in [4.69, 9.17) is 0 Å². The largest absolute Gasteiger partial charge is 0.406 e. The quantitative estimate of drug-likeness (QED) is 0.560. The van der Waals surface area contributed by atoms with E-state index in [1.807, 2.05) is 30.3 Å². The third-order valence-corrected chi connectivity index (χ3v) is 4.41. The van der Waals surface area contributed by atoms with E-state index in [1.165, 1.54) is 12.2 Å². The van der Waals surface area contributed by atoms with Crippen molar-refractivity contribution >= 4 is 17.9 Å². The molecule has 2 amide bonds. The lowest BCUT2D eigenvalue weighted by Crippen LogP contribution is -2.46. The first-order valence-corrected chi connectivity index (χ1v) is 8.78. The molecule has 0 N–H and O–H groups in total. The van der Waals surface area contributed by atoms with E-state index >= 15 is 0 Å². The van der Waals surface area contributed by atoms with Gasteiger partial charge >= 0.3 is 6.18 Å². The van der Waals surface area contributed by atoms with Crippen molar-refractivity contribution in [1.29, 1.82) is 0 Å². The second-order valence-corrected chi connectivity index (χ2v) is 6.47. The topological polar surface area (TPSA) is 40.6 Å². The maximum absolute atomic E-state index is 12.7. The Balaban J connectivity index is 1.89. The zero-order valence-corrected chi connectivity index (χ0v) is 15.0. The molecule has 2 rings (SSSR count). The molecule has 1 aliphatic rings. The molecule has 27 heavy (non-hydrogen) atoms. The predicted octanol–water partition coefficient (Wildman–Crippen LogP) is 3.52. The summed E-state index contributed by atoms with van der Waals surface area (Å²) in [7, 11) is 0. The van der Waals surface area contributed by atoms with Gasteiger partial charge < -0.3 is 9.80 Å². The number of halogens is 3. The summed E-state index contributed by atoms with van der Waals surface area (Å²) in [6.45, 7) is 2.69. The Morgan fingerprint density at radius 1 is 1.19 bits per heavy atom. The zero-order valence-electron chi connectivity index (χ0n) is 15.0. The van der Waals surface area contributed by atoms with Crippen LogP contribution >= 0.6 is 0 Å². The van der Waals surface area contributed by atoms with E-state index in [1.54, 1.807) is 11.0 Å². The second kappa shape index (κ2) is 9.39. The molecule has 0 aromatic heterocycles. The smallest absolute Gasteiger partial charge is 0.339 e. The van der Waals surface area contributed by atoms with Crippen LogP contribution in [0.3, 0.4) is 0 Å². The second-order valence-electron chi connectivity index (χ2n) is 6.47. The molecule has 0 unspecified atom stereocenters. The first kappa shape index (κ1) is 20.7. The van der Waals surface area contributed by atoms with Crippen LogP contribution in [0.1, 0.15) is 18.4 Å². The molecule has 146 valence electrons. The summed E-state index contributed by atoms with van der Waals surface area (Å²) < 4.78 is 38.0. The third-order valence-electron chi connectivity index (χ3n) is 4.41. The lowest BCUT2D eigenvalue weighted by Gasteiger charge is -2.33. The molecule has 1 fully saturated rings. The van der Waals surface area contributed by atoms with Crippen LogP contribution in [0, 0.1) is 5.92 Å². The van der Waals surface area contributed by atoms with Crippen molar-refractivity contribution in [1.82, 2.24) is 9.80 Å². The number of amides is 2. The van der Waals surface area contributed by atoms with Crippen molar-refractivity contribution in [3.8, 4) is 0 Å². The van der Waals surface area contributed by atoms with E-state index in [9.17, 15) is 22.8 Å². The monoisotopic (exact) mass is 380 g/mol. The van der Waals surface area contributed by atoms with Crippen molar-refractivity contribution in [3.05, 3.63) is 54.6 Å². The Morgan fingerprint density at radius 2 is 1.81 bits per heavy atom. The lowest BCUT2D eigenvalue weighted by atomic mass is 9.95. The molecule has 4 nitrogen and oxygen atoms in total. The highest BCUT2D eigenvalue weighted by Crippen LogP contribution is 2.23. The van der Waals surface area contributed by atoms with Crippen LogP contribution < -0.4 is 0 Å². The number of piperidine rings is 1. The van der Waals surface area contributed by atoms with Crippen LogP contribution in [0.2, 0.25) is 0 Å². The fourth-order valence-electron chi connectivity index (χ4n) is 3.05. The van der Waals surface area contributed by atoms with Gasteiger partial charge in [-0.05, 0) is 24.5 Å². The molecule has 1 heterocycles. The van der Waals surface area contributed by atoms with Crippen LogP contribution in [0.4, 0.5) is 13.2 Å². The zero-order chi connectivity index (χ0) is 19.9. The van der Waals surface area contributed by atoms with Gasteiger partial charge in [0.2, 0.25) is 11.8 Å². The first-order chi connectivity index (χ1) is 12.8. The fraction of sp³-hybridized carbons (Fsp3) is 0.400. The van der Waals surface area contributed by atoms with Crippen LogP contribution in [0.5, 0.6) is 0 Å². The molecule has 0 atom stereocenters. The van der Waals surface area contributed by atoms with Gasteiger partial charge in [0.15, 0.2) is 0 Å². The summed E-state index contributed by atoms with van der Waals surface area (Å²) in [4.78, 5) is 27.1.